The lowest BCUT2D eigenvalue weighted by Gasteiger charge is -2.38. The Labute approximate surface area is 132 Å². The number of alkyl halides is 2. The molecule has 0 aliphatic carbocycles. The summed E-state index contributed by atoms with van der Waals surface area (Å²) >= 11 is 0. The van der Waals surface area contributed by atoms with Gasteiger partial charge in [-0.2, -0.15) is 0 Å². The second kappa shape index (κ2) is 7.20. The van der Waals surface area contributed by atoms with Crippen LogP contribution in [-0.4, -0.2) is 59.8 Å². The number of nitrogens with zero attached hydrogens (tertiary/aromatic N) is 1. The van der Waals surface area contributed by atoms with E-state index >= 15 is 0 Å². The van der Waals surface area contributed by atoms with Crippen molar-refractivity contribution in [1.29, 1.82) is 0 Å². The summed E-state index contributed by atoms with van der Waals surface area (Å²) in [5, 5.41) is 22.1. The second-order valence-electron chi connectivity index (χ2n) is 5.43. The van der Waals surface area contributed by atoms with E-state index in [0.29, 0.717) is 26.2 Å². The number of aliphatic hydroxyl groups is 1. The summed E-state index contributed by atoms with van der Waals surface area (Å²) in [6.07, 6.45) is 0. The Morgan fingerprint density at radius 2 is 2.09 bits per heavy atom. The number of hydrogen-bond donors (Lipinski definition) is 3. The van der Waals surface area contributed by atoms with Crippen LogP contribution in [0.1, 0.15) is 18.5 Å². The standard InChI is InChI=1S/C15H20F2N2O4/c1-10(21)23-13-3-2-11(8-12(13)22)14(15(16,17)9-20)19-6-4-18-5-7-19/h2-3,8,14,18,20,22H,4-7,9H2,1H3/t14-/m1/s1. The normalized spacial score (nSPS) is 17.7. The van der Waals surface area contributed by atoms with Crippen molar-refractivity contribution < 1.29 is 28.5 Å². The third-order valence-electron chi connectivity index (χ3n) is 3.68. The summed E-state index contributed by atoms with van der Waals surface area (Å²) in [4.78, 5) is 12.5. The zero-order valence-corrected chi connectivity index (χ0v) is 12.8. The lowest BCUT2D eigenvalue weighted by atomic mass is 9.97. The second-order valence-corrected chi connectivity index (χ2v) is 5.43. The summed E-state index contributed by atoms with van der Waals surface area (Å²) < 4.78 is 33.3. The van der Waals surface area contributed by atoms with Crippen LogP contribution in [0.3, 0.4) is 0 Å². The molecule has 1 atom stereocenters. The highest BCUT2D eigenvalue weighted by Crippen LogP contribution is 2.39. The third kappa shape index (κ3) is 4.15. The molecule has 1 aliphatic heterocycles. The minimum atomic E-state index is -3.37. The van der Waals surface area contributed by atoms with Gasteiger partial charge in [0.15, 0.2) is 11.5 Å². The highest BCUT2D eigenvalue weighted by molar-refractivity contribution is 5.70. The van der Waals surface area contributed by atoms with E-state index in [0.717, 1.165) is 6.07 Å². The van der Waals surface area contributed by atoms with Crippen molar-refractivity contribution in [2.24, 2.45) is 0 Å². The van der Waals surface area contributed by atoms with Crippen LogP contribution in [0.15, 0.2) is 18.2 Å². The molecule has 8 heteroatoms. The molecule has 0 unspecified atom stereocenters. The first kappa shape index (κ1) is 17.6. The topological polar surface area (TPSA) is 82.0 Å². The molecule has 0 spiro atoms. The molecular weight excluding hydrogens is 310 g/mol. The molecule has 0 saturated carbocycles. The van der Waals surface area contributed by atoms with Crippen molar-refractivity contribution in [3.8, 4) is 11.5 Å². The number of phenols is 1. The predicted molar refractivity (Wildman–Crippen MR) is 78.6 cm³/mol. The summed E-state index contributed by atoms with van der Waals surface area (Å²) in [6, 6.07) is 2.42. The van der Waals surface area contributed by atoms with Crippen LogP contribution in [0, 0.1) is 0 Å². The summed E-state index contributed by atoms with van der Waals surface area (Å²) in [5.41, 5.74) is 0.152. The summed E-state index contributed by atoms with van der Waals surface area (Å²) in [7, 11) is 0. The Morgan fingerprint density at radius 3 is 2.61 bits per heavy atom. The molecule has 1 heterocycles. The van der Waals surface area contributed by atoms with E-state index in [4.69, 9.17) is 9.84 Å². The lowest BCUT2D eigenvalue weighted by molar-refractivity contribution is -0.132. The molecule has 1 aliphatic rings. The van der Waals surface area contributed by atoms with Gasteiger partial charge >= 0.3 is 5.97 Å². The molecule has 128 valence electrons. The molecule has 2 rings (SSSR count). The number of aromatic hydroxyl groups is 1. The molecule has 3 N–H and O–H groups in total. The minimum absolute atomic E-state index is 0.0902. The molecule has 0 aromatic heterocycles. The maximum atomic E-state index is 14.3. The fraction of sp³-hybridized carbons (Fsp3) is 0.533. The van der Waals surface area contributed by atoms with E-state index in [9.17, 15) is 18.7 Å². The zero-order chi connectivity index (χ0) is 17.0. The molecule has 6 nitrogen and oxygen atoms in total. The molecule has 1 saturated heterocycles. The first-order chi connectivity index (χ1) is 10.8. The average molecular weight is 330 g/mol. The van der Waals surface area contributed by atoms with Crippen LogP contribution in [0.5, 0.6) is 11.5 Å². The Hall–Kier alpha value is -1.77. The van der Waals surface area contributed by atoms with E-state index < -0.39 is 30.3 Å². The van der Waals surface area contributed by atoms with Gasteiger partial charge in [-0.15, -0.1) is 0 Å². The molecule has 0 radical (unpaired) electrons. The van der Waals surface area contributed by atoms with Gasteiger partial charge in [0.05, 0.1) is 0 Å². The van der Waals surface area contributed by atoms with E-state index in [1.165, 1.54) is 19.1 Å². The van der Waals surface area contributed by atoms with Crippen LogP contribution >= 0.6 is 0 Å². The van der Waals surface area contributed by atoms with Gasteiger partial charge in [-0.05, 0) is 17.7 Å². The SMILES string of the molecule is CC(=O)Oc1ccc([C@@H](N2CCNCC2)C(F)(F)CO)cc1O. The molecule has 23 heavy (non-hydrogen) atoms. The van der Waals surface area contributed by atoms with Crippen LogP contribution in [0.2, 0.25) is 0 Å². The fourth-order valence-corrected chi connectivity index (χ4v) is 2.69. The first-order valence-corrected chi connectivity index (χ1v) is 7.30. The Balaban J connectivity index is 2.35. The van der Waals surface area contributed by atoms with Crippen molar-refractivity contribution in [2.75, 3.05) is 32.8 Å². The predicted octanol–water partition coefficient (Wildman–Crippen LogP) is 0.891. The number of hydrogen-bond acceptors (Lipinski definition) is 6. The van der Waals surface area contributed by atoms with Crippen LogP contribution in [0.25, 0.3) is 0 Å². The fourth-order valence-electron chi connectivity index (χ4n) is 2.69. The first-order valence-electron chi connectivity index (χ1n) is 7.30. The minimum Gasteiger partial charge on any atom is -0.504 e. The maximum absolute atomic E-state index is 14.3. The number of piperazine rings is 1. The van der Waals surface area contributed by atoms with Gasteiger partial charge in [-0.3, -0.25) is 9.69 Å². The van der Waals surface area contributed by atoms with Crippen molar-refractivity contribution in [3.63, 3.8) is 0 Å². The van der Waals surface area contributed by atoms with Gasteiger partial charge in [0.1, 0.15) is 12.6 Å². The largest absolute Gasteiger partial charge is 0.504 e. The average Bonchev–Trinajstić information content (AvgIpc) is 2.50. The van der Waals surface area contributed by atoms with E-state index in [1.807, 2.05) is 0 Å². The number of carbonyl (C=O) groups excluding carboxylic acids is 1. The van der Waals surface area contributed by atoms with Gasteiger partial charge < -0.3 is 20.3 Å². The quantitative estimate of drug-likeness (QED) is 0.549. The number of esters is 1. The van der Waals surface area contributed by atoms with Crippen LogP contribution < -0.4 is 10.1 Å². The Bertz CT molecular complexity index is 562. The number of carbonyl (C=O) groups is 1. The van der Waals surface area contributed by atoms with Crippen LogP contribution in [-0.2, 0) is 4.79 Å². The maximum Gasteiger partial charge on any atom is 0.308 e. The summed E-state index contributed by atoms with van der Waals surface area (Å²) in [5.74, 6) is -4.47. The number of nitrogens with one attached hydrogen (secondary N) is 1. The highest BCUT2D eigenvalue weighted by atomic mass is 19.3. The number of aliphatic hydroxyl groups excluding tert-OH is 1. The monoisotopic (exact) mass is 330 g/mol. The van der Waals surface area contributed by atoms with Gasteiger partial charge in [0.2, 0.25) is 0 Å². The van der Waals surface area contributed by atoms with Gasteiger partial charge in [0, 0.05) is 33.1 Å². The van der Waals surface area contributed by atoms with Crippen molar-refractivity contribution in [2.45, 2.75) is 18.9 Å². The number of ether oxygens (including phenoxy) is 1. The van der Waals surface area contributed by atoms with Gasteiger partial charge in [0.25, 0.3) is 5.92 Å². The van der Waals surface area contributed by atoms with E-state index in [1.54, 1.807) is 4.90 Å². The zero-order valence-electron chi connectivity index (χ0n) is 12.8. The third-order valence-corrected chi connectivity index (χ3v) is 3.68. The van der Waals surface area contributed by atoms with Gasteiger partial charge in [-0.1, -0.05) is 6.07 Å². The Morgan fingerprint density at radius 1 is 1.43 bits per heavy atom. The molecule has 1 fully saturated rings. The molecular formula is C15H20F2N2O4. The number of phenolic OH excluding ortho intramolecular Hbond substituents is 1. The number of rotatable bonds is 5. The van der Waals surface area contributed by atoms with Gasteiger partial charge in [-0.25, -0.2) is 8.78 Å². The molecule has 1 aromatic rings. The molecule has 0 amide bonds. The number of halogens is 2. The lowest BCUT2D eigenvalue weighted by Crippen LogP contribution is -2.51. The van der Waals surface area contributed by atoms with Crippen molar-refractivity contribution >= 4 is 5.97 Å². The van der Waals surface area contributed by atoms with Crippen LogP contribution in [0.4, 0.5) is 8.78 Å². The smallest absolute Gasteiger partial charge is 0.308 e. The highest BCUT2D eigenvalue weighted by Gasteiger charge is 2.44. The van der Waals surface area contributed by atoms with E-state index in [-0.39, 0.29) is 11.3 Å². The van der Waals surface area contributed by atoms with E-state index in [2.05, 4.69) is 5.32 Å². The van der Waals surface area contributed by atoms with Crippen molar-refractivity contribution in [1.82, 2.24) is 10.2 Å². The van der Waals surface area contributed by atoms with Crippen molar-refractivity contribution in [3.05, 3.63) is 23.8 Å². The Kier molecular flexibility index (Phi) is 5.51. The molecule has 0 bridgehead atoms. The molecule has 1 aromatic carbocycles. The number of benzene rings is 1. The summed E-state index contributed by atoms with van der Waals surface area (Å²) in [6.45, 7) is 1.80.